The van der Waals surface area contributed by atoms with Gasteiger partial charge in [0.2, 0.25) is 11.8 Å². The second-order valence-electron chi connectivity index (χ2n) is 3.23. The van der Waals surface area contributed by atoms with Crippen molar-refractivity contribution in [2.45, 2.75) is 0 Å². The van der Waals surface area contributed by atoms with Gasteiger partial charge in [0.1, 0.15) is 5.82 Å². The number of carbonyl (C=O) groups excluding carboxylic acids is 2. The monoisotopic (exact) mass is 223 g/mol. The number of pyridine rings is 1. The lowest BCUT2D eigenvalue weighted by atomic mass is 10.3. The molecule has 0 bridgehead atoms. The molecule has 0 aliphatic carbocycles. The van der Waals surface area contributed by atoms with E-state index in [4.69, 9.17) is 17.2 Å². The molecule has 86 valence electrons. The third kappa shape index (κ3) is 3.45. The molecule has 0 atom stereocenters. The standard InChI is InChI=1S/C9H13N5O2/c10-7-3-6(1-2-13-7)14(4-8(11)15)5-9(12)16/h1-3H,4-5H2,(H2,10,13)(H2,11,15)(H2,12,16). The first-order valence-electron chi connectivity index (χ1n) is 4.52. The minimum absolute atomic E-state index is 0.105. The average Bonchev–Trinajstić information content (AvgIpc) is 2.15. The number of carbonyl (C=O) groups is 2. The summed E-state index contributed by atoms with van der Waals surface area (Å²) in [4.78, 5) is 26.9. The van der Waals surface area contributed by atoms with Crippen molar-refractivity contribution in [3.05, 3.63) is 18.3 Å². The number of amides is 2. The number of nitrogen functional groups attached to an aromatic ring is 1. The number of primary amides is 2. The summed E-state index contributed by atoms with van der Waals surface area (Å²) in [5.41, 5.74) is 16.2. The number of aromatic nitrogens is 1. The van der Waals surface area contributed by atoms with Crippen LogP contribution in [-0.4, -0.2) is 29.9 Å². The van der Waals surface area contributed by atoms with Gasteiger partial charge in [0.25, 0.3) is 0 Å². The van der Waals surface area contributed by atoms with Crippen molar-refractivity contribution in [2.24, 2.45) is 11.5 Å². The van der Waals surface area contributed by atoms with Crippen LogP contribution in [-0.2, 0) is 9.59 Å². The molecule has 0 radical (unpaired) electrons. The van der Waals surface area contributed by atoms with Gasteiger partial charge in [0, 0.05) is 18.0 Å². The Balaban J connectivity index is 2.90. The van der Waals surface area contributed by atoms with E-state index in [0.29, 0.717) is 5.69 Å². The molecule has 0 saturated heterocycles. The lowest BCUT2D eigenvalue weighted by molar-refractivity contribution is -0.117. The van der Waals surface area contributed by atoms with E-state index in [1.54, 1.807) is 6.07 Å². The van der Waals surface area contributed by atoms with Crippen molar-refractivity contribution in [2.75, 3.05) is 23.7 Å². The van der Waals surface area contributed by atoms with E-state index < -0.39 is 11.8 Å². The van der Waals surface area contributed by atoms with Crippen LogP contribution in [0.2, 0.25) is 0 Å². The Morgan fingerprint density at radius 1 is 1.25 bits per heavy atom. The van der Waals surface area contributed by atoms with Gasteiger partial charge in [-0.05, 0) is 6.07 Å². The SMILES string of the molecule is NC(=O)CN(CC(N)=O)c1ccnc(N)c1. The third-order valence-electron chi connectivity index (χ3n) is 1.82. The highest BCUT2D eigenvalue weighted by atomic mass is 16.2. The van der Waals surface area contributed by atoms with Gasteiger partial charge >= 0.3 is 0 Å². The van der Waals surface area contributed by atoms with Crippen LogP contribution in [0.25, 0.3) is 0 Å². The highest BCUT2D eigenvalue weighted by Crippen LogP contribution is 2.14. The van der Waals surface area contributed by atoms with Gasteiger partial charge in [-0.25, -0.2) is 4.98 Å². The number of hydrogen-bond acceptors (Lipinski definition) is 5. The molecule has 0 aromatic carbocycles. The predicted octanol–water partition coefficient (Wildman–Crippen LogP) is -1.56. The maximum Gasteiger partial charge on any atom is 0.236 e. The van der Waals surface area contributed by atoms with E-state index in [9.17, 15) is 9.59 Å². The summed E-state index contributed by atoms with van der Waals surface area (Å²) in [6.45, 7) is -0.210. The molecule has 0 unspecified atom stereocenters. The molecule has 0 aliphatic rings. The Hall–Kier alpha value is -2.31. The van der Waals surface area contributed by atoms with Crippen molar-refractivity contribution in [1.29, 1.82) is 0 Å². The van der Waals surface area contributed by atoms with Crippen LogP contribution in [0, 0.1) is 0 Å². The number of anilines is 2. The van der Waals surface area contributed by atoms with Gasteiger partial charge in [-0.2, -0.15) is 0 Å². The topological polar surface area (TPSA) is 128 Å². The van der Waals surface area contributed by atoms with Crippen molar-refractivity contribution < 1.29 is 9.59 Å². The molecule has 0 spiro atoms. The second kappa shape index (κ2) is 4.96. The molecule has 2 amide bonds. The summed E-state index contributed by atoms with van der Waals surface area (Å²) in [5.74, 6) is -0.829. The second-order valence-corrected chi connectivity index (χ2v) is 3.23. The van der Waals surface area contributed by atoms with Crippen LogP contribution >= 0.6 is 0 Å². The number of nitrogens with zero attached hydrogens (tertiary/aromatic N) is 2. The first-order valence-corrected chi connectivity index (χ1v) is 4.52. The van der Waals surface area contributed by atoms with E-state index >= 15 is 0 Å². The third-order valence-corrected chi connectivity index (χ3v) is 1.82. The van der Waals surface area contributed by atoms with Crippen LogP contribution in [0.4, 0.5) is 11.5 Å². The van der Waals surface area contributed by atoms with E-state index in [2.05, 4.69) is 4.98 Å². The van der Waals surface area contributed by atoms with Crippen LogP contribution in [0.15, 0.2) is 18.3 Å². The molecule has 1 heterocycles. The molecule has 0 saturated carbocycles. The summed E-state index contributed by atoms with van der Waals surface area (Å²) in [7, 11) is 0. The lowest BCUT2D eigenvalue weighted by Crippen LogP contribution is -2.39. The lowest BCUT2D eigenvalue weighted by Gasteiger charge is -2.21. The minimum Gasteiger partial charge on any atom is -0.384 e. The number of nitrogens with two attached hydrogens (primary N) is 3. The van der Waals surface area contributed by atoms with Crippen LogP contribution in [0.1, 0.15) is 0 Å². The Morgan fingerprint density at radius 2 is 1.81 bits per heavy atom. The minimum atomic E-state index is -0.559. The van der Waals surface area contributed by atoms with Crippen molar-refractivity contribution in [1.82, 2.24) is 4.98 Å². The van der Waals surface area contributed by atoms with Gasteiger partial charge in [-0.15, -0.1) is 0 Å². The zero-order valence-electron chi connectivity index (χ0n) is 8.59. The fourth-order valence-corrected chi connectivity index (χ4v) is 1.25. The molecule has 1 rings (SSSR count). The molecule has 16 heavy (non-hydrogen) atoms. The Labute approximate surface area is 92.2 Å². The Morgan fingerprint density at radius 3 is 2.25 bits per heavy atom. The summed E-state index contributed by atoms with van der Waals surface area (Å²) >= 11 is 0. The summed E-state index contributed by atoms with van der Waals surface area (Å²) in [6.07, 6.45) is 1.47. The molecule has 1 aromatic rings. The van der Waals surface area contributed by atoms with E-state index in [-0.39, 0.29) is 18.9 Å². The Bertz CT molecular complexity index is 391. The van der Waals surface area contributed by atoms with Crippen LogP contribution < -0.4 is 22.1 Å². The van der Waals surface area contributed by atoms with Crippen LogP contribution in [0.3, 0.4) is 0 Å². The smallest absolute Gasteiger partial charge is 0.236 e. The van der Waals surface area contributed by atoms with Gasteiger partial charge in [-0.1, -0.05) is 0 Å². The highest BCUT2D eigenvalue weighted by Gasteiger charge is 2.12. The van der Waals surface area contributed by atoms with Crippen molar-refractivity contribution in [3.8, 4) is 0 Å². The first-order chi connectivity index (χ1) is 7.49. The molecule has 0 aliphatic heterocycles. The van der Waals surface area contributed by atoms with E-state index in [1.807, 2.05) is 0 Å². The van der Waals surface area contributed by atoms with Gasteiger partial charge in [0.05, 0.1) is 13.1 Å². The van der Waals surface area contributed by atoms with Crippen molar-refractivity contribution in [3.63, 3.8) is 0 Å². The first kappa shape index (κ1) is 11.8. The highest BCUT2D eigenvalue weighted by molar-refractivity contribution is 5.84. The van der Waals surface area contributed by atoms with Crippen LogP contribution in [0.5, 0.6) is 0 Å². The zero-order chi connectivity index (χ0) is 12.1. The largest absolute Gasteiger partial charge is 0.384 e. The normalized spacial score (nSPS) is 9.75. The zero-order valence-corrected chi connectivity index (χ0v) is 8.59. The predicted molar refractivity (Wildman–Crippen MR) is 59.3 cm³/mol. The molecule has 7 heteroatoms. The fraction of sp³-hybridized carbons (Fsp3) is 0.222. The molecule has 7 nitrogen and oxygen atoms in total. The summed E-state index contributed by atoms with van der Waals surface area (Å²) in [5, 5.41) is 0. The van der Waals surface area contributed by atoms with Gasteiger partial charge in [0.15, 0.2) is 0 Å². The van der Waals surface area contributed by atoms with Gasteiger partial charge < -0.3 is 22.1 Å². The Kier molecular flexibility index (Phi) is 3.65. The number of rotatable bonds is 5. The maximum absolute atomic E-state index is 10.8. The number of hydrogen-bond donors (Lipinski definition) is 3. The van der Waals surface area contributed by atoms with E-state index in [1.165, 1.54) is 17.2 Å². The summed E-state index contributed by atoms with van der Waals surface area (Å²) in [6, 6.07) is 3.15. The quantitative estimate of drug-likeness (QED) is 0.556. The molecule has 1 aromatic heterocycles. The maximum atomic E-state index is 10.8. The molecular weight excluding hydrogens is 210 g/mol. The van der Waals surface area contributed by atoms with E-state index in [0.717, 1.165) is 0 Å². The molecule has 6 N–H and O–H groups in total. The fourth-order valence-electron chi connectivity index (χ4n) is 1.25. The molecular formula is C9H13N5O2. The summed E-state index contributed by atoms with van der Waals surface area (Å²) < 4.78 is 0. The van der Waals surface area contributed by atoms with Crippen molar-refractivity contribution >= 4 is 23.3 Å². The average molecular weight is 223 g/mol. The van der Waals surface area contributed by atoms with Gasteiger partial charge in [-0.3, -0.25) is 9.59 Å². The molecule has 0 fully saturated rings.